The Kier molecular flexibility index (Phi) is 13.2. The SMILES string of the molecule is C[C@@H](C(=O)NCCCC#Cc1cnc(Nc2cccc(F)c2)nc1NCC1CCOCC1)N(C)C(=O)C=CCN(C)C. The molecule has 0 radical (unpaired) electrons. The Morgan fingerprint density at radius 3 is 2.76 bits per heavy atom. The normalized spacial score (nSPS) is 14.2. The van der Waals surface area contributed by atoms with Crippen molar-refractivity contribution in [3.63, 3.8) is 0 Å². The summed E-state index contributed by atoms with van der Waals surface area (Å²) in [6.45, 7) is 5.04. The lowest BCUT2D eigenvalue weighted by molar-refractivity contribution is -0.135. The molecule has 11 heteroatoms. The van der Waals surface area contributed by atoms with Crippen molar-refractivity contribution in [1.82, 2.24) is 25.1 Å². The van der Waals surface area contributed by atoms with E-state index in [4.69, 9.17) is 4.74 Å². The minimum atomic E-state index is -0.589. The molecule has 10 nitrogen and oxygen atoms in total. The van der Waals surface area contributed by atoms with Crippen molar-refractivity contribution in [2.75, 3.05) is 64.6 Å². The standard InChI is InChI=1S/C31H42FN7O3/c1-23(39(4)28(40)13-9-17-38(2)3)30(41)33-16-7-5-6-10-25-22-35-31(36-27-12-8-11-26(32)20-27)37-29(25)34-21-24-14-18-42-19-15-24/h8-9,11-13,20,22-24H,5,7,14-19,21H2,1-4H3,(H,33,41)(H2,34,35,36,37)/t23-/m0/s1. The lowest BCUT2D eigenvalue weighted by Gasteiger charge is -2.23. The van der Waals surface area contributed by atoms with Crippen molar-refractivity contribution in [2.24, 2.45) is 5.92 Å². The first-order valence-corrected chi connectivity index (χ1v) is 14.3. The number of anilines is 3. The van der Waals surface area contributed by atoms with Crippen molar-refractivity contribution in [3.8, 4) is 11.8 Å². The zero-order valence-electron chi connectivity index (χ0n) is 25.0. The van der Waals surface area contributed by atoms with Crippen molar-refractivity contribution in [2.45, 2.75) is 38.6 Å². The summed E-state index contributed by atoms with van der Waals surface area (Å²) in [6, 6.07) is 5.53. The van der Waals surface area contributed by atoms with Crippen LogP contribution in [0.25, 0.3) is 0 Å². The summed E-state index contributed by atoms with van der Waals surface area (Å²) in [6.07, 6.45) is 8.07. The molecule has 42 heavy (non-hydrogen) atoms. The smallest absolute Gasteiger partial charge is 0.246 e. The third-order valence-electron chi connectivity index (χ3n) is 6.81. The number of carbonyl (C=O) groups is 2. The number of ether oxygens (including phenoxy) is 1. The van der Waals surface area contributed by atoms with Gasteiger partial charge >= 0.3 is 0 Å². The summed E-state index contributed by atoms with van der Waals surface area (Å²) in [5.41, 5.74) is 1.21. The van der Waals surface area contributed by atoms with Crippen molar-refractivity contribution < 1.29 is 18.7 Å². The molecule has 1 fully saturated rings. The van der Waals surface area contributed by atoms with Crippen molar-refractivity contribution >= 4 is 29.3 Å². The van der Waals surface area contributed by atoms with Crippen LogP contribution in [0, 0.1) is 23.6 Å². The molecule has 226 valence electrons. The number of nitrogens with one attached hydrogen (secondary N) is 3. The quantitative estimate of drug-likeness (QED) is 0.188. The first-order valence-electron chi connectivity index (χ1n) is 14.3. The number of rotatable bonds is 13. The highest BCUT2D eigenvalue weighted by Crippen LogP contribution is 2.20. The largest absolute Gasteiger partial charge is 0.381 e. The van der Waals surface area contributed by atoms with E-state index in [0.29, 0.717) is 54.9 Å². The fourth-order valence-corrected chi connectivity index (χ4v) is 4.10. The molecule has 0 bridgehead atoms. The average Bonchev–Trinajstić information content (AvgIpc) is 2.98. The monoisotopic (exact) mass is 579 g/mol. The summed E-state index contributed by atoms with van der Waals surface area (Å²) >= 11 is 0. The van der Waals surface area contributed by atoms with E-state index >= 15 is 0 Å². The van der Waals surface area contributed by atoms with Crippen LogP contribution < -0.4 is 16.0 Å². The number of halogens is 1. The fraction of sp³-hybridized carbons (Fsp3) is 0.484. The number of carbonyl (C=O) groups excluding carboxylic acids is 2. The highest BCUT2D eigenvalue weighted by molar-refractivity contribution is 5.92. The van der Waals surface area contributed by atoms with Crippen molar-refractivity contribution in [1.29, 1.82) is 0 Å². The average molecular weight is 580 g/mol. The number of aromatic nitrogens is 2. The second kappa shape index (κ2) is 17.1. The maximum atomic E-state index is 13.6. The topological polar surface area (TPSA) is 112 Å². The summed E-state index contributed by atoms with van der Waals surface area (Å²) < 4.78 is 19.1. The highest BCUT2D eigenvalue weighted by Gasteiger charge is 2.20. The molecule has 2 amide bonds. The third-order valence-corrected chi connectivity index (χ3v) is 6.81. The minimum Gasteiger partial charge on any atom is -0.381 e. The van der Waals surface area contributed by atoms with Crippen LogP contribution in [0.15, 0.2) is 42.6 Å². The molecule has 2 heterocycles. The van der Waals surface area contributed by atoms with Gasteiger partial charge in [-0.2, -0.15) is 4.98 Å². The Bertz CT molecular complexity index is 1270. The Labute approximate surface area is 248 Å². The minimum absolute atomic E-state index is 0.214. The molecular formula is C31H42FN7O3. The van der Waals surface area contributed by atoms with E-state index in [9.17, 15) is 14.0 Å². The maximum absolute atomic E-state index is 13.6. The molecule has 1 aromatic carbocycles. The number of amides is 2. The summed E-state index contributed by atoms with van der Waals surface area (Å²) in [5, 5.41) is 9.34. The molecule has 1 saturated heterocycles. The van der Waals surface area contributed by atoms with Gasteiger partial charge in [0, 0.05) is 58.1 Å². The van der Waals surface area contributed by atoms with Gasteiger partial charge in [-0.25, -0.2) is 9.37 Å². The molecule has 1 aliphatic heterocycles. The lowest BCUT2D eigenvalue weighted by Crippen LogP contribution is -2.45. The number of unbranched alkanes of at least 4 members (excludes halogenated alkanes) is 1. The summed E-state index contributed by atoms with van der Waals surface area (Å²) in [5.74, 6) is 6.94. The molecule has 1 atom stereocenters. The summed E-state index contributed by atoms with van der Waals surface area (Å²) in [7, 11) is 5.45. The molecule has 3 N–H and O–H groups in total. The number of likely N-dealkylation sites (N-methyl/N-ethyl adjacent to an activating group) is 2. The van der Waals surface area contributed by atoms with Gasteiger partial charge in [0.25, 0.3) is 0 Å². The molecule has 0 aliphatic carbocycles. The van der Waals surface area contributed by atoms with Gasteiger partial charge in [0.1, 0.15) is 17.7 Å². The van der Waals surface area contributed by atoms with Crippen LogP contribution in [0.1, 0.15) is 38.2 Å². The van der Waals surface area contributed by atoms with Crippen LogP contribution in [-0.2, 0) is 14.3 Å². The van der Waals surface area contributed by atoms with E-state index in [1.807, 2.05) is 19.0 Å². The lowest BCUT2D eigenvalue weighted by atomic mass is 10.0. The van der Waals surface area contributed by atoms with Crippen LogP contribution >= 0.6 is 0 Å². The van der Waals surface area contributed by atoms with Crippen LogP contribution in [0.4, 0.5) is 21.8 Å². The van der Waals surface area contributed by atoms with Crippen LogP contribution in [0.2, 0.25) is 0 Å². The summed E-state index contributed by atoms with van der Waals surface area (Å²) in [4.78, 5) is 37.2. The van der Waals surface area contributed by atoms with Crippen LogP contribution in [0.5, 0.6) is 0 Å². The first kappa shape index (κ1) is 32.5. The maximum Gasteiger partial charge on any atom is 0.246 e. The van der Waals surface area contributed by atoms with Crippen molar-refractivity contribution in [3.05, 3.63) is 54.0 Å². The number of nitrogens with zero attached hydrogens (tertiary/aromatic N) is 4. The first-order chi connectivity index (χ1) is 20.2. The zero-order chi connectivity index (χ0) is 30.3. The predicted octanol–water partition coefficient (Wildman–Crippen LogP) is 3.41. The van der Waals surface area contributed by atoms with E-state index in [1.165, 1.54) is 23.1 Å². The van der Waals surface area contributed by atoms with Gasteiger partial charge < -0.3 is 30.5 Å². The van der Waals surface area contributed by atoms with Gasteiger partial charge in [-0.05, 0) is 64.4 Å². The second-order valence-electron chi connectivity index (χ2n) is 10.5. The van der Waals surface area contributed by atoms with E-state index in [0.717, 1.165) is 32.6 Å². The van der Waals surface area contributed by atoms with Gasteiger partial charge in [0.15, 0.2) is 0 Å². The molecule has 2 aromatic rings. The van der Waals surface area contributed by atoms with Gasteiger partial charge in [-0.1, -0.05) is 24.0 Å². The Morgan fingerprint density at radius 2 is 2.02 bits per heavy atom. The zero-order valence-corrected chi connectivity index (χ0v) is 25.0. The number of hydrogen-bond donors (Lipinski definition) is 3. The Morgan fingerprint density at radius 1 is 1.24 bits per heavy atom. The van der Waals surface area contributed by atoms with E-state index in [2.05, 4.69) is 37.8 Å². The van der Waals surface area contributed by atoms with Gasteiger partial charge in [0.05, 0.1) is 11.8 Å². The predicted molar refractivity (Wildman–Crippen MR) is 163 cm³/mol. The fourth-order valence-electron chi connectivity index (χ4n) is 4.10. The molecule has 0 spiro atoms. The molecule has 1 aromatic heterocycles. The van der Waals surface area contributed by atoms with E-state index in [1.54, 1.807) is 38.4 Å². The van der Waals surface area contributed by atoms with Crippen LogP contribution in [0.3, 0.4) is 0 Å². The Hall–Kier alpha value is -4.01. The Balaban J connectivity index is 1.54. The van der Waals surface area contributed by atoms with Gasteiger partial charge in [0.2, 0.25) is 17.8 Å². The molecule has 3 rings (SSSR count). The van der Waals surface area contributed by atoms with E-state index < -0.39 is 6.04 Å². The molecule has 1 aliphatic rings. The van der Waals surface area contributed by atoms with Crippen LogP contribution in [-0.4, -0.2) is 91.6 Å². The third kappa shape index (κ3) is 11.1. The van der Waals surface area contributed by atoms with E-state index in [-0.39, 0.29) is 17.6 Å². The number of benzene rings is 1. The van der Waals surface area contributed by atoms with Gasteiger partial charge in [-0.15, -0.1) is 0 Å². The molecular weight excluding hydrogens is 537 g/mol. The number of hydrogen-bond acceptors (Lipinski definition) is 8. The highest BCUT2D eigenvalue weighted by atomic mass is 19.1. The second-order valence-corrected chi connectivity index (χ2v) is 10.5. The molecule has 0 unspecified atom stereocenters. The molecule has 0 saturated carbocycles. The van der Waals surface area contributed by atoms with Gasteiger partial charge in [-0.3, -0.25) is 9.59 Å².